The van der Waals surface area contributed by atoms with Crippen molar-refractivity contribution in [3.05, 3.63) is 51.7 Å². The number of rotatable bonds is 3. The van der Waals surface area contributed by atoms with Gasteiger partial charge in [0.15, 0.2) is 0 Å². The summed E-state index contributed by atoms with van der Waals surface area (Å²) >= 11 is 1.66. The van der Waals surface area contributed by atoms with E-state index < -0.39 is 0 Å². The van der Waals surface area contributed by atoms with Crippen LogP contribution < -0.4 is 0 Å². The van der Waals surface area contributed by atoms with Crippen molar-refractivity contribution in [3.8, 4) is 0 Å². The molecule has 3 nitrogen and oxygen atoms in total. The molecule has 1 amide bonds. The molecule has 2 aromatic rings. The van der Waals surface area contributed by atoms with Crippen molar-refractivity contribution in [1.29, 1.82) is 0 Å². The third-order valence-electron chi connectivity index (χ3n) is 5.11. The lowest BCUT2D eigenvalue weighted by Crippen LogP contribution is -2.39. The van der Waals surface area contributed by atoms with E-state index >= 15 is 0 Å². The molecule has 126 valence electrons. The van der Waals surface area contributed by atoms with Crippen LogP contribution in [0, 0.1) is 18.7 Å². The van der Waals surface area contributed by atoms with E-state index in [0.717, 1.165) is 48.5 Å². The number of likely N-dealkylation sites (tertiary alicyclic amines) is 1. The van der Waals surface area contributed by atoms with Crippen LogP contribution in [0.5, 0.6) is 0 Å². The number of aromatic nitrogens is 1. The Morgan fingerprint density at radius 3 is 2.79 bits per heavy atom. The van der Waals surface area contributed by atoms with Gasteiger partial charge in [0.25, 0.3) is 0 Å². The maximum Gasteiger partial charge on any atom is 0.226 e. The lowest BCUT2D eigenvalue weighted by atomic mass is 10.0. The Morgan fingerprint density at radius 1 is 1.29 bits per heavy atom. The van der Waals surface area contributed by atoms with Crippen molar-refractivity contribution < 1.29 is 9.18 Å². The summed E-state index contributed by atoms with van der Waals surface area (Å²) in [5, 5.41) is 3.13. The summed E-state index contributed by atoms with van der Waals surface area (Å²) in [5.74, 6) is 0.329. The molecule has 0 bridgehead atoms. The first-order chi connectivity index (χ1) is 11.6. The van der Waals surface area contributed by atoms with E-state index in [4.69, 9.17) is 0 Å². The van der Waals surface area contributed by atoms with Crippen LogP contribution in [-0.4, -0.2) is 22.3 Å². The van der Waals surface area contributed by atoms with Crippen LogP contribution >= 0.6 is 11.3 Å². The van der Waals surface area contributed by atoms with Crippen LogP contribution in [0.4, 0.5) is 4.39 Å². The highest BCUT2D eigenvalue weighted by Crippen LogP contribution is 2.50. The minimum absolute atomic E-state index is 0.0529. The number of carbonyl (C=O) groups is 1. The van der Waals surface area contributed by atoms with Crippen LogP contribution in [0.15, 0.2) is 29.6 Å². The van der Waals surface area contributed by atoms with Crippen LogP contribution in [0.2, 0.25) is 0 Å². The van der Waals surface area contributed by atoms with Gasteiger partial charge >= 0.3 is 0 Å². The predicted octanol–water partition coefficient (Wildman–Crippen LogP) is 4.45. The molecule has 1 aliphatic carbocycles. The molecule has 2 fully saturated rings. The van der Waals surface area contributed by atoms with Gasteiger partial charge in [0, 0.05) is 23.5 Å². The first-order valence-electron chi connectivity index (χ1n) is 8.61. The number of nitrogens with zero attached hydrogens (tertiary/aromatic N) is 2. The fraction of sp³-hybridized carbons (Fsp3) is 0.474. The van der Waals surface area contributed by atoms with Crippen LogP contribution in [0.3, 0.4) is 0 Å². The van der Waals surface area contributed by atoms with Gasteiger partial charge in [-0.25, -0.2) is 9.37 Å². The number of amides is 1. The van der Waals surface area contributed by atoms with E-state index in [2.05, 4.69) is 15.3 Å². The van der Waals surface area contributed by atoms with Crippen molar-refractivity contribution >= 4 is 17.2 Å². The number of carbonyl (C=O) groups excluding carboxylic acids is 1. The summed E-state index contributed by atoms with van der Waals surface area (Å²) in [5.41, 5.74) is 2.11. The second kappa shape index (κ2) is 6.28. The van der Waals surface area contributed by atoms with Gasteiger partial charge in [0.05, 0.1) is 6.04 Å². The van der Waals surface area contributed by atoms with Gasteiger partial charge in [-0.05, 0) is 56.2 Å². The third-order valence-corrected chi connectivity index (χ3v) is 6.18. The van der Waals surface area contributed by atoms with Crippen LogP contribution in [0.1, 0.15) is 53.9 Å². The van der Waals surface area contributed by atoms with E-state index in [0.29, 0.717) is 0 Å². The Labute approximate surface area is 145 Å². The van der Waals surface area contributed by atoms with Crippen molar-refractivity contribution in [2.45, 2.75) is 44.6 Å². The summed E-state index contributed by atoms with van der Waals surface area (Å²) in [6.07, 6.45) is 4.11. The van der Waals surface area contributed by atoms with Gasteiger partial charge in [-0.15, -0.1) is 11.3 Å². The maximum absolute atomic E-state index is 13.1. The number of hydrogen-bond acceptors (Lipinski definition) is 3. The van der Waals surface area contributed by atoms with Gasteiger partial charge in [0.1, 0.15) is 10.8 Å². The monoisotopic (exact) mass is 344 g/mol. The molecule has 3 atom stereocenters. The quantitative estimate of drug-likeness (QED) is 0.824. The second-order valence-electron chi connectivity index (χ2n) is 6.87. The molecule has 1 aliphatic heterocycles. The molecule has 0 unspecified atom stereocenters. The predicted molar refractivity (Wildman–Crippen MR) is 92.4 cm³/mol. The average molecular weight is 344 g/mol. The maximum atomic E-state index is 13.1. The standard InChI is InChI=1S/C19H21FN2OS/c1-12-11-24-18(21-12)17-4-2-3-9-22(17)19(23)16-10-15(16)13-5-7-14(20)8-6-13/h5-8,11,15-17H,2-4,9-10H2,1H3/t15-,16+,17+/m1/s1. The van der Waals surface area contributed by atoms with Crippen molar-refractivity contribution in [3.63, 3.8) is 0 Å². The number of hydrogen-bond donors (Lipinski definition) is 0. The normalized spacial score (nSPS) is 26.4. The third kappa shape index (κ3) is 2.97. The van der Waals surface area contributed by atoms with E-state index in [1.165, 1.54) is 12.1 Å². The zero-order valence-electron chi connectivity index (χ0n) is 13.7. The summed E-state index contributed by atoms with van der Waals surface area (Å²) in [6, 6.07) is 6.73. The molecule has 1 saturated heterocycles. The summed E-state index contributed by atoms with van der Waals surface area (Å²) in [7, 11) is 0. The molecule has 0 spiro atoms. The molecule has 0 N–H and O–H groups in total. The summed E-state index contributed by atoms with van der Waals surface area (Å²) in [4.78, 5) is 19.7. The highest BCUT2D eigenvalue weighted by Gasteiger charge is 2.47. The highest BCUT2D eigenvalue weighted by molar-refractivity contribution is 7.09. The number of halogens is 1. The fourth-order valence-corrected chi connectivity index (χ4v) is 4.68. The van der Waals surface area contributed by atoms with Crippen LogP contribution in [-0.2, 0) is 4.79 Å². The Bertz CT molecular complexity index is 742. The van der Waals surface area contributed by atoms with Gasteiger partial charge in [-0.1, -0.05) is 12.1 Å². The molecule has 0 radical (unpaired) electrons. The Kier molecular flexibility index (Phi) is 4.12. The summed E-state index contributed by atoms with van der Waals surface area (Å²) < 4.78 is 13.1. The van der Waals surface area contributed by atoms with E-state index in [9.17, 15) is 9.18 Å². The average Bonchev–Trinajstić information content (AvgIpc) is 3.28. The number of piperidine rings is 1. The molecule has 24 heavy (non-hydrogen) atoms. The molecular formula is C19H21FN2OS. The Hall–Kier alpha value is -1.75. The molecular weight excluding hydrogens is 323 g/mol. The minimum atomic E-state index is -0.225. The van der Waals surface area contributed by atoms with Crippen molar-refractivity contribution in [2.24, 2.45) is 5.92 Å². The highest BCUT2D eigenvalue weighted by atomic mass is 32.1. The lowest BCUT2D eigenvalue weighted by molar-refractivity contribution is -0.136. The zero-order chi connectivity index (χ0) is 16.7. The second-order valence-corrected chi connectivity index (χ2v) is 7.76. The molecule has 2 aliphatic rings. The summed E-state index contributed by atoms with van der Waals surface area (Å²) in [6.45, 7) is 2.83. The zero-order valence-corrected chi connectivity index (χ0v) is 14.6. The number of thiazole rings is 1. The van der Waals surface area contributed by atoms with Crippen molar-refractivity contribution in [1.82, 2.24) is 9.88 Å². The van der Waals surface area contributed by atoms with E-state index in [-0.39, 0.29) is 29.6 Å². The largest absolute Gasteiger partial charge is 0.333 e. The Balaban J connectivity index is 1.49. The topological polar surface area (TPSA) is 33.2 Å². The van der Waals surface area contributed by atoms with Gasteiger partial charge in [-0.2, -0.15) is 0 Å². The van der Waals surface area contributed by atoms with Gasteiger partial charge in [-0.3, -0.25) is 4.79 Å². The molecule has 5 heteroatoms. The smallest absolute Gasteiger partial charge is 0.226 e. The van der Waals surface area contributed by atoms with E-state index in [1.54, 1.807) is 11.3 Å². The lowest BCUT2D eigenvalue weighted by Gasteiger charge is -2.35. The van der Waals surface area contributed by atoms with E-state index in [1.807, 2.05) is 19.1 Å². The minimum Gasteiger partial charge on any atom is -0.333 e. The molecule has 4 rings (SSSR count). The molecule has 1 aromatic carbocycles. The number of benzene rings is 1. The van der Waals surface area contributed by atoms with Gasteiger partial charge in [0.2, 0.25) is 5.91 Å². The van der Waals surface area contributed by atoms with Crippen LogP contribution in [0.25, 0.3) is 0 Å². The first-order valence-corrected chi connectivity index (χ1v) is 9.49. The van der Waals surface area contributed by atoms with Crippen molar-refractivity contribution in [2.75, 3.05) is 6.54 Å². The number of aryl methyl sites for hydroxylation is 1. The molecule has 1 saturated carbocycles. The first kappa shape index (κ1) is 15.8. The fourth-order valence-electron chi connectivity index (χ4n) is 3.74. The molecule has 2 heterocycles. The SMILES string of the molecule is Cc1csc([C@@H]2CCCCN2C(=O)[C@H]2C[C@@H]2c2ccc(F)cc2)n1. The Morgan fingerprint density at radius 2 is 2.08 bits per heavy atom. The molecule has 1 aromatic heterocycles. The van der Waals surface area contributed by atoms with Gasteiger partial charge < -0.3 is 4.90 Å².